The van der Waals surface area contributed by atoms with E-state index in [4.69, 9.17) is 4.42 Å². The Balaban J connectivity index is 0.992. The van der Waals surface area contributed by atoms with Crippen molar-refractivity contribution in [3.05, 3.63) is 267 Å². The maximum atomic E-state index is 6.42. The Morgan fingerprint density at radius 3 is 1.66 bits per heavy atom. The van der Waals surface area contributed by atoms with E-state index in [9.17, 15) is 0 Å². The van der Waals surface area contributed by atoms with Crippen LogP contribution < -0.4 is 4.90 Å². The third-order valence-electron chi connectivity index (χ3n) is 14.4. The van der Waals surface area contributed by atoms with Crippen LogP contribution in [-0.4, -0.2) is 4.57 Å². The number of anilines is 3. The van der Waals surface area contributed by atoms with E-state index in [0.717, 1.165) is 83.6 Å². The molecule has 0 spiro atoms. The lowest BCUT2D eigenvalue weighted by molar-refractivity contribution is 0.669. The molecule has 12 aromatic carbocycles. The minimum Gasteiger partial charge on any atom is -0.456 e. The molecule has 0 unspecified atom stereocenters. The fourth-order valence-electron chi connectivity index (χ4n) is 11.2. The maximum Gasteiger partial charge on any atom is 0.136 e. The number of rotatable bonds is 8. The fourth-order valence-corrected chi connectivity index (χ4v) is 11.2. The van der Waals surface area contributed by atoms with Gasteiger partial charge in [-0.05, 0) is 122 Å². The van der Waals surface area contributed by atoms with Crippen LogP contribution in [0.3, 0.4) is 0 Å². The van der Waals surface area contributed by atoms with Crippen molar-refractivity contribution >= 4 is 82.4 Å². The van der Waals surface area contributed by atoms with Crippen molar-refractivity contribution in [2.75, 3.05) is 4.90 Å². The van der Waals surface area contributed by atoms with Crippen LogP contribution in [0.4, 0.5) is 17.1 Å². The molecular formula is C68H44N2O. The van der Waals surface area contributed by atoms with Gasteiger partial charge in [-0.25, -0.2) is 0 Å². The molecule has 0 N–H and O–H groups in total. The number of nitrogens with zero attached hydrogens (tertiary/aromatic N) is 2. The van der Waals surface area contributed by atoms with E-state index in [0.29, 0.717) is 0 Å². The average molecular weight is 905 g/mol. The van der Waals surface area contributed by atoms with Crippen molar-refractivity contribution in [3.63, 3.8) is 0 Å². The molecule has 332 valence electrons. The third kappa shape index (κ3) is 6.74. The van der Waals surface area contributed by atoms with Gasteiger partial charge in [0.1, 0.15) is 11.2 Å². The fraction of sp³-hybridized carbons (Fsp3) is 0. The molecule has 0 saturated carbocycles. The molecule has 0 saturated heterocycles. The first-order valence-electron chi connectivity index (χ1n) is 24.3. The van der Waals surface area contributed by atoms with Gasteiger partial charge in [0, 0.05) is 44.0 Å². The van der Waals surface area contributed by atoms with E-state index in [1.807, 2.05) is 6.07 Å². The summed E-state index contributed by atoms with van der Waals surface area (Å²) in [6.45, 7) is 0. The van der Waals surface area contributed by atoms with Gasteiger partial charge in [0.2, 0.25) is 0 Å². The summed E-state index contributed by atoms with van der Waals surface area (Å²) in [6, 6.07) is 96.9. The first kappa shape index (κ1) is 40.6. The Kier molecular flexibility index (Phi) is 9.53. The lowest BCUT2D eigenvalue weighted by Gasteiger charge is -2.29. The van der Waals surface area contributed by atoms with Crippen LogP contribution >= 0.6 is 0 Å². The Bertz CT molecular complexity index is 4300. The molecule has 0 bridgehead atoms. The summed E-state index contributed by atoms with van der Waals surface area (Å²) in [4.78, 5) is 2.45. The maximum absolute atomic E-state index is 6.42. The predicted molar refractivity (Wildman–Crippen MR) is 299 cm³/mol. The van der Waals surface area contributed by atoms with Crippen LogP contribution in [0.1, 0.15) is 0 Å². The molecule has 0 amide bonds. The molecule has 0 fully saturated rings. The zero-order chi connectivity index (χ0) is 46.8. The Morgan fingerprint density at radius 2 is 0.859 bits per heavy atom. The lowest BCUT2D eigenvalue weighted by Crippen LogP contribution is -2.11. The van der Waals surface area contributed by atoms with Gasteiger partial charge in [0.15, 0.2) is 0 Å². The highest BCUT2D eigenvalue weighted by Crippen LogP contribution is 2.47. The Morgan fingerprint density at radius 1 is 0.296 bits per heavy atom. The van der Waals surface area contributed by atoms with E-state index in [1.54, 1.807) is 0 Å². The lowest BCUT2D eigenvalue weighted by atomic mass is 9.91. The van der Waals surface area contributed by atoms with Crippen LogP contribution in [0.5, 0.6) is 0 Å². The molecule has 2 heterocycles. The van der Waals surface area contributed by atoms with Gasteiger partial charge in [-0.2, -0.15) is 0 Å². The van der Waals surface area contributed by atoms with Gasteiger partial charge in [-0.1, -0.05) is 200 Å². The number of hydrogen-bond acceptors (Lipinski definition) is 2. The molecule has 0 aliphatic heterocycles. The second-order valence-electron chi connectivity index (χ2n) is 18.4. The van der Waals surface area contributed by atoms with Crippen molar-refractivity contribution in [1.82, 2.24) is 4.57 Å². The van der Waals surface area contributed by atoms with Gasteiger partial charge in [-0.15, -0.1) is 0 Å². The van der Waals surface area contributed by atoms with Gasteiger partial charge < -0.3 is 13.9 Å². The Labute approximate surface area is 411 Å². The predicted octanol–water partition coefficient (Wildman–Crippen LogP) is 19.1. The topological polar surface area (TPSA) is 21.3 Å². The minimum absolute atomic E-state index is 0.879. The van der Waals surface area contributed by atoms with Crippen LogP contribution in [0.25, 0.3) is 115 Å². The zero-order valence-electron chi connectivity index (χ0n) is 38.7. The molecular weight excluding hydrogens is 861 g/mol. The van der Waals surface area contributed by atoms with Crippen molar-refractivity contribution < 1.29 is 4.42 Å². The smallest absolute Gasteiger partial charge is 0.136 e. The number of para-hydroxylation sites is 4. The van der Waals surface area contributed by atoms with Gasteiger partial charge in [0.05, 0.1) is 22.4 Å². The molecule has 71 heavy (non-hydrogen) atoms. The zero-order valence-corrected chi connectivity index (χ0v) is 38.7. The van der Waals surface area contributed by atoms with E-state index in [-0.39, 0.29) is 0 Å². The van der Waals surface area contributed by atoms with Crippen LogP contribution in [0.2, 0.25) is 0 Å². The highest BCUT2D eigenvalue weighted by atomic mass is 16.3. The van der Waals surface area contributed by atoms with Crippen molar-refractivity contribution in [3.8, 4) is 50.2 Å². The normalized spacial score (nSPS) is 11.7. The molecule has 0 atom stereocenters. The minimum atomic E-state index is 0.879. The summed E-state index contributed by atoms with van der Waals surface area (Å²) in [5.41, 5.74) is 17.6. The van der Waals surface area contributed by atoms with E-state index >= 15 is 0 Å². The number of furan rings is 1. The monoisotopic (exact) mass is 904 g/mol. The number of benzene rings is 12. The van der Waals surface area contributed by atoms with Crippen LogP contribution in [-0.2, 0) is 0 Å². The highest BCUT2D eigenvalue weighted by molar-refractivity contribution is 6.15. The van der Waals surface area contributed by atoms with Crippen LogP contribution in [0, 0.1) is 0 Å². The van der Waals surface area contributed by atoms with E-state index in [2.05, 4.69) is 270 Å². The molecule has 3 heteroatoms. The van der Waals surface area contributed by atoms with Crippen LogP contribution in [0.15, 0.2) is 271 Å². The van der Waals surface area contributed by atoms with Crippen molar-refractivity contribution in [2.45, 2.75) is 0 Å². The van der Waals surface area contributed by atoms with Gasteiger partial charge in [-0.3, -0.25) is 0 Å². The molecule has 14 aromatic rings. The standard InChI is InChI=1S/C68H44N2O/c1-2-18-45(19-3-1)54-41-38-49(61-43-48-20-4-5-23-52(48)56-25-6-7-26-57(56)61)44-65(54)69(51-22-16-21-47(42-51)55-30-17-35-67-68(55)60-29-11-15-34-66(60)71-67)50-39-36-46(37-40-50)53-24-8-12-31-62(53)70-63-32-13-9-27-58(63)59-28-10-14-33-64(59)70/h1-44H. The molecule has 14 rings (SSSR count). The summed E-state index contributed by atoms with van der Waals surface area (Å²) in [6.07, 6.45) is 0. The second-order valence-corrected chi connectivity index (χ2v) is 18.4. The van der Waals surface area contributed by atoms with Gasteiger partial charge >= 0.3 is 0 Å². The first-order chi connectivity index (χ1) is 35.2. The number of aromatic nitrogens is 1. The molecule has 0 aliphatic carbocycles. The van der Waals surface area contributed by atoms with Gasteiger partial charge in [0.25, 0.3) is 0 Å². The SMILES string of the molecule is c1ccc(-c2ccc(-c3cc4ccccc4c4ccccc34)cc2N(c2ccc(-c3ccccc3-n3c4ccccc4c4ccccc43)cc2)c2cccc(-c3cccc4oc5ccccc5c34)c2)cc1. The van der Waals surface area contributed by atoms with E-state index in [1.165, 1.54) is 48.9 Å². The van der Waals surface area contributed by atoms with E-state index < -0.39 is 0 Å². The largest absolute Gasteiger partial charge is 0.456 e. The third-order valence-corrected chi connectivity index (χ3v) is 14.4. The average Bonchev–Trinajstić information content (AvgIpc) is 4.00. The molecule has 0 aliphatic rings. The summed E-state index contributed by atoms with van der Waals surface area (Å²) >= 11 is 0. The van der Waals surface area contributed by atoms with Crippen molar-refractivity contribution in [2.24, 2.45) is 0 Å². The number of fused-ring (bicyclic) bond motifs is 9. The highest BCUT2D eigenvalue weighted by Gasteiger charge is 2.22. The quantitative estimate of drug-likeness (QED) is 0.142. The summed E-state index contributed by atoms with van der Waals surface area (Å²) in [5.74, 6) is 0. The summed E-state index contributed by atoms with van der Waals surface area (Å²) < 4.78 is 8.84. The molecule has 2 aromatic heterocycles. The second kappa shape index (κ2) is 16.7. The molecule has 3 nitrogen and oxygen atoms in total. The van der Waals surface area contributed by atoms with Crippen molar-refractivity contribution in [1.29, 1.82) is 0 Å². The molecule has 0 radical (unpaired) electrons. The number of hydrogen-bond donors (Lipinski definition) is 0. The first-order valence-corrected chi connectivity index (χ1v) is 24.3. The summed E-state index contributed by atoms with van der Waals surface area (Å²) in [5, 5.41) is 9.67. The Hall–Kier alpha value is -9.44. The summed E-state index contributed by atoms with van der Waals surface area (Å²) in [7, 11) is 0.